The lowest BCUT2D eigenvalue weighted by Gasteiger charge is -2.24. The van der Waals surface area contributed by atoms with Crippen molar-refractivity contribution in [1.29, 1.82) is 0 Å². The number of carbonyl (C=O) groups is 1. The fraction of sp³-hybridized carbons (Fsp3) is 0.611. The number of furan rings is 1. The Morgan fingerprint density at radius 2 is 2.20 bits per heavy atom. The van der Waals surface area contributed by atoms with E-state index in [4.69, 9.17) is 8.94 Å². The molecular formula is C18H24N4O3. The summed E-state index contributed by atoms with van der Waals surface area (Å²) in [6, 6.07) is 3.91. The maximum absolute atomic E-state index is 12.6. The first kappa shape index (κ1) is 16.3. The Morgan fingerprint density at radius 1 is 1.36 bits per heavy atom. The van der Waals surface area contributed by atoms with Gasteiger partial charge < -0.3 is 13.8 Å². The lowest BCUT2D eigenvalue weighted by Crippen LogP contribution is -2.38. The first-order chi connectivity index (χ1) is 12.1. The van der Waals surface area contributed by atoms with Gasteiger partial charge in [0.2, 0.25) is 11.8 Å². The molecule has 4 rings (SSSR count). The van der Waals surface area contributed by atoms with E-state index in [1.807, 2.05) is 26.1 Å². The molecule has 3 heterocycles. The lowest BCUT2D eigenvalue weighted by molar-refractivity contribution is -0.132. The molecule has 25 heavy (non-hydrogen) atoms. The van der Waals surface area contributed by atoms with Gasteiger partial charge in [0.05, 0.1) is 19.1 Å². The van der Waals surface area contributed by atoms with Gasteiger partial charge in [0.25, 0.3) is 0 Å². The minimum atomic E-state index is 0.0758. The summed E-state index contributed by atoms with van der Waals surface area (Å²) >= 11 is 0. The lowest BCUT2D eigenvalue weighted by atomic mass is 10.2. The number of likely N-dealkylation sites (tertiary alicyclic amines) is 1. The van der Waals surface area contributed by atoms with Crippen LogP contribution in [0, 0.1) is 6.92 Å². The second-order valence-corrected chi connectivity index (χ2v) is 7.16. The number of amides is 1. The van der Waals surface area contributed by atoms with Crippen LogP contribution < -0.4 is 0 Å². The van der Waals surface area contributed by atoms with E-state index in [0.29, 0.717) is 19.0 Å². The van der Waals surface area contributed by atoms with E-state index in [9.17, 15) is 4.79 Å². The summed E-state index contributed by atoms with van der Waals surface area (Å²) in [4.78, 5) is 21.0. The highest BCUT2D eigenvalue weighted by atomic mass is 16.5. The van der Waals surface area contributed by atoms with Gasteiger partial charge in [-0.25, -0.2) is 0 Å². The third-order valence-corrected chi connectivity index (χ3v) is 5.00. The minimum Gasteiger partial charge on any atom is -0.464 e. The monoisotopic (exact) mass is 344 g/mol. The molecule has 0 aromatic carbocycles. The molecule has 0 spiro atoms. The van der Waals surface area contributed by atoms with Gasteiger partial charge in [-0.1, -0.05) is 5.16 Å². The van der Waals surface area contributed by atoms with Crippen LogP contribution in [0.25, 0.3) is 0 Å². The van der Waals surface area contributed by atoms with Crippen LogP contribution in [-0.4, -0.2) is 46.0 Å². The van der Waals surface area contributed by atoms with Crippen molar-refractivity contribution in [2.24, 2.45) is 0 Å². The second kappa shape index (κ2) is 6.63. The zero-order valence-electron chi connectivity index (χ0n) is 14.8. The molecule has 7 nitrogen and oxygen atoms in total. The summed E-state index contributed by atoms with van der Waals surface area (Å²) in [6.07, 6.45) is 4.31. The quantitative estimate of drug-likeness (QED) is 0.802. The average Bonchev–Trinajstić information content (AvgIpc) is 2.97. The van der Waals surface area contributed by atoms with Crippen molar-refractivity contribution in [3.63, 3.8) is 0 Å². The van der Waals surface area contributed by atoms with Gasteiger partial charge in [0, 0.05) is 13.0 Å². The molecule has 0 radical (unpaired) electrons. The summed E-state index contributed by atoms with van der Waals surface area (Å²) < 4.78 is 10.9. The van der Waals surface area contributed by atoms with E-state index in [1.54, 1.807) is 4.90 Å². The van der Waals surface area contributed by atoms with E-state index in [0.717, 1.165) is 55.5 Å². The Bertz CT molecular complexity index is 749. The van der Waals surface area contributed by atoms with Crippen LogP contribution >= 0.6 is 0 Å². The molecule has 1 aliphatic carbocycles. The Labute approximate surface area is 147 Å². The Kier molecular flexibility index (Phi) is 4.33. The van der Waals surface area contributed by atoms with E-state index in [2.05, 4.69) is 15.0 Å². The molecule has 1 saturated carbocycles. The van der Waals surface area contributed by atoms with Crippen LogP contribution in [0.1, 0.15) is 60.9 Å². The predicted molar refractivity (Wildman–Crippen MR) is 89.7 cm³/mol. The smallest absolute Gasteiger partial charge is 0.236 e. The SMILES string of the molecule is Cc1ccc(CN(C)C(=O)CN2CCCC2c2noc(C3CC3)n2)o1. The number of aryl methyl sites for hydroxylation is 1. The normalized spacial score (nSPS) is 21.0. The highest BCUT2D eigenvalue weighted by Gasteiger charge is 2.35. The van der Waals surface area contributed by atoms with E-state index in [1.165, 1.54) is 0 Å². The van der Waals surface area contributed by atoms with Crippen molar-refractivity contribution >= 4 is 5.91 Å². The summed E-state index contributed by atoms with van der Waals surface area (Å²) in [5, 5.41) is 4.16. The van der Waals surface area contributed by atoms with E-state index < -0.39 is 0 Å². The number of hydrogen-bond donors (Lipinski definition) is 0. The Morgan fingerprint density at radius 3 is 2.92 bits per heavy atom. The number of rotatable bonds is 6. The van der Waals surface area contributed by atoms with Gasteiger partial charge in [0.1, 0.15) is 11.5 Å². The Balaban J connectivity index is 1.37. The number of hydrogen-bond acceptors (Lipinski definition) is 6. The van der Waals surface area contributed by atoms with Crippen LogP contribution in [0.5, 0.6) is 0 Å². The summed E-state index contributed by atoms with van der Waals surface area (Å²) in [5.41, 5.74) is 0. The van der Waals surface area contributed by atoms with Gasteiger partial charge >= 0.3 is 0 Å². The zero-order chi connectivity index (χ0) is 17.4. The van der Waals surface area contributed by atoms with Gasteiger partial charge in [-0.2, -0.15) is 4.98 Å². The molecule has 2 aromatic heterocycles. The number of carbonyl (C=O) groups excluding carboxylic acids is 1. The first-order valence-electron chi connectivity index (χ1n) is 8.97. The summed E-state index contributed by atoms with van der Waals surface area (Å²) in [6.45, 7) is 3.64. The summed E-state index contributed by atoms with van der Waals surface area (Å²) in [7, 11) is 1.81. The number of aromatic nitrogens is 2. The largest absolute Gasteiger partial charge is 0.464 e. The molecule has 7 heteroatoms. The van der Waals surface area contributed by atoms with Gasteiger partial charge in [-0.05, 0) is 51.3 Å². The molecule has 0 N–H and O–H groups in total. The molecular weight excluding hydrogens is 320 g/mol. The topological polar surface area (TPSA) is 75.6 Å². The molecule has 0 bridgehead atoms. The van der Waals surface area contributed by atoms with Crippen molar-refractivity contribution in [3.05, 3.63) is 35.4 Å². The molecule has 2 aliphatic rings. The van der Waals surface area contributed by atoms with Crippen LogP contribution in [0.2, 0.25) is 0 Å². The standard InChI is InChI=1S/C18H24N4O3/c1-12-5-8-14(24-12)10-21(2)16(23)11-22-9-3-4-15(22)17-19-18(25-20-17)13-6-7-13/h5,8,13,15H,3-4,6-7,9-11H2,1-2H3. The molecule has 1 unspecified atom stereocenters. The van der Waals surface area contributed by atoms with Crippen molar-refractivity contribution in [2.75, 3.05) is 20.1 Å². The fourth-order valence-corrected chi connectivity index (χ4v) is 3.37. The van der Waals surface area contributed by atoms with Crippen molar-refractivity contribution < 1.29 is 13.7 Å². The van der Waals surface area contributed by atoms with Crippen molar-refractivity contribution in [3.8, 4) is 0 Å². The number of likely N-dealkylation sites (N-methyl/N-ethyl adjacent to an activating group) is 1. The van der Waals surface area contributed by atoms with E-state index in [-0.39, 0.29) is 11.9 Å². The third-order valence-electron chi connectivity index (χ3n) is 5.00. The highest BCUT2D eigenvalue weighted by molar-refractivity contribution is 5.78. The zero-order valence-corrected chi connectivity index (χ0v) is 14.8. The average molecular weight is 344 g/mol. The van der Waals surface area contributed by atoms with E-state index >= 15 is 0 Å². The second-order valence-electron chi connectivity index (χ2n) is 7.16. The molecule has 2 fully saturated rings. The maximum atomic E-state index is 12.6. The van der Waals surface area contributed by atoms with Crippen molar-refractivity contribution in [1.82, 2.24) is 19.9 Å². The molecule has 1 amide bonds. The van der Waals surface area contributed by atoms with Crippen LogP contribution in [0.3, 0.4) is 0 Å². The third kappa shape index (κ3) is 3.61. The van der Waals surface area contributed by atoms with Crippen LogP contribution in [0.15, 0.2) is 21.1 Å². The fourth-order valence-electron chi connectivity index (χ4n) is 3.37. The maximum Gasteiger partial charge on any atom is 0.236 e. The summed E-state index contributed by atoms with van der Waals surface area (Å²) in [5.74, 6) is 3.69. The van der Waals surface area contributed by atoms with Gasteiger partial charge in [-0.15, -0.1) is 0 Å². The van der Waals surface area contributed by atoms with Gasteiger partial charge in [-0.3, -0.25) is 9.69 Å². The van der Waals surface area contributed by atoms with Crippen LogP contribution in [-0.2, 0) is 11.3 Å². The molecule has 1 aliphatic heterocycles. The minimum absolute atomic E-state index is 0.0758. The first-order valence-corrected chi connectivity index (χ1v) is 8.97. The molecule has 134 valence electrons. The molecule has 2 aromatic rings. The number of nitrogens with zero attached hydrogens (tertiary/aromatic N) is 4. The van der Waals surface area contributed by atoms with Crippen LogP contribution in [0.4, 0.5) is 0 Å². The molecule has 1 saturated heterocycles. The predicted octanol–water partition coefficient (Wildman–Crippen LogP) is 2.64. The molecule has 1 atom stereocenters. The highest BCUT2D eigenvalue weighted by Crippen LogP contribution is 2.40. The van der Waals surface area contributed by atoms with Gasteiger partial charge in [0.15, 0.2) is 5.82 Å². The van der Waals surface area contributed by atoms with Crippen molar-refractivity contribution in [2.45, 2.75) is 51.1 Å². The Hall–Kier alpha value is -2.15.